The maximum Gasteiger partial charge on any atom is 0.433 e. The van der Waals surface area contributed by atoms with E-state index < -0.39 is 18.0 Å². The first-order valence-electron chi connectivity index (χ1n) is 7.15. The summed E-state index contributed by atoms with van der Waals surface area (Å²) in [6, 6.07) is 0.414. The van der Waals surface area contributed by atoms with Crippen molar-refractivity contribution in [2.45, 2.75) is 25.1 Å². The zero-order valence-corrected chi connectivity index (χ0v) is 12.3. The Morgan fingerprint density at radius 3 is 2.92 bits per heavy atom. The van der Waals surface area contributed by atoms with Crippen LogP contribution < -0.4 is 4.74 Å². The van der Waals surface area contributed by atoms with E-state index in [0.29, 0.717) is 19.4 Å². The molecule has 0 aromatic carbocycles. The molecule has 8 nitrogen and oxygen atoms in total. The van der Waals surface area contributed by atoms with E-state index in [4.69, 9.17) is 4.74 Å². The summed E-state index contributed by atoms with van der Waals surface area (Å²) in [5.41, 5.74) is -1.07. The topological polar surface area (TPSA) is 96.9 Å². The highest BCUT2D eigenvalue weighted by Gasteiger charge is 2.33. The van der Waals surface area contributed by atoms with Crippen LogP contribution in [0.1, 0.15) is 29.2 Å². The Morgan fingerprint density at radius 1 is 1.38 bits per heavy atom. The highest BCUT2D eigenvalue weighted by molar-refractivity contribution is 5.90. The van der Waals surface area contributed by atoms with Gasteiger partial charge >= 0.3 is 12.2 Å². The van der Waals surface area contributed by atoms with Crippen LogP contribution in [0, 0.1) is 0 Å². The minimum Gasteiger partial charge on any atom is -0.458 e. The number of piperidine rings is 1. The smallest absolute Gasteiger partial charge is 0.433 e. The maximum atomic E-state index is 12.7. The highest BCUT2D eigenvalue weighted by atomic mass is 19.4. The van der Waals surface area contributed by atoms with Crippen molar-refractivity contribution < 1.29 is 22.7 Å². The molecule has 1 aliphatic rings. The van der Waals surface area contributed by atoms with Crippen molar-refractivity contribution >= 4 is 5.91 Å². The molecule has 1 atom stereocenters. The number of amides is 1. The molecule has 3 rings (SSSR count). The number of halogens is 3. The number of ether oxygens (including phenoxy) is 1. The molecule has 0 saturated carbocycles. The number of carbonyl (C=O) groups is 1. The fraction of sp³-hybridized carbons (Fsp3) is 0.462. The summed E-state index contributed by atoms with van der Waals surface area (Å²) in [6.45, 7) is 0.710. The first kappa shape index (κ1) is 16.1. The molecule has 24 heavy (non-hydrogen) atoms. The summed E-state index contributed by atoms with van der Waals surface area (Å²) in [5.74, 6) is -0.239. The zero-order chi connectivity index (χ0) is 17.2. The van der Waals surface area contributed by atoms with Gasteiger partial charge in [-0.25, -0.2) is 9.97 Å². The maximum absolute atomic E-state index is 12.7. The average molecular weight is 342 g/mol. The van der Waals surface area contributed by atoms with E-state index in [1.165, 1.54) is 11.2 Å². The van der Waals surface area contributed by atoms with Gasteiger partial charge < -0.3 is 9.64 Å². The predicted molar refractivity (Wildman–Crippen MR) is 73.0 cm³/mol. The van der Waals surface area contributed by atoms with E-state index >= 15 is 0 Å². The minimum atomic E-state index is -4.57. The molecular formula is C13H13F3N6O2. The second-order valence-electron chi connectivity index (χ2n) is 5.19. The Hall–Kier alpha value is -2.72. The fourth-order valence-electron chi connectivity index (χ4n) is 2.38. The number of likely N-dealkylation sites (tertiary alicyclic amines) is 1. The van der Waals surface area contributed by atoms with Crippen LogP contribution in [0.4, 0.5) is 13.2 Å². The lowest BCUT2D eigenvalue weighted by Crippen LogP contribution is -2.44. The van der Waals surface area contributed by atoms with Gasteiger partial charge in [-0.15, -0.1) is 0 Å². The van der Waals surface area contributed by atoms with Gasteiger partial charge in [0, 0.05) is 12.7 Å². The lowest BCUT2D eigenvalue weighted by molar-refractivity contribution is -0.141. The Kier molecular flexibility index (Phi) is 4.32. The molecule has 1 unspecified atom stereocenters. The summed E-state index contributed by atoms with van der Waals surface area (Å²) >= 11 is 0. The first-order chi connectivity index (χ1) is 11.4. The van der Waals surface area contributed by atoms with Crippen molar-refractivity contribution in [3.05, 3.63) is 30.1 Å². The van der Waals surface area contributed by atoms with E-state index in [9.17, 15) is 18.0 Å². The minimum absolute atomic E-state index is 0.103. The van der Waals surface area contributed by atoms with E-state index in [0.717, 1.165) is 12.3 Å². The van der Waals surface area contributed by atoms with E-state index in [2.05, 4.69) is 25.1 Å². The Bertz CT molecular complexity index is 706. The molecule has 1 saturated heterocycles. The second kappa shape index (κ2) is 6.42. The van der Waals surface area contributed by atoms with E-state index in [-0.39, 0.29) is 24.3 Å². The molecule has 0 radical (unpaired) electrons. The molecule has 0 spiro atoms. The number of carbonyl (C=O) groups excluding carboxylic acids is 1. The van der Waals surface area contributed by atoms with Crippen LogP contribution in [0.3, 0.4) is 0 Å². The number of rotatable bonds is 3. The molecule has 0 aliphatic carbocycles. The Morgan fingerprint density at radius 2 is 2.21 bits per heavy atom. The molecule has 1 aliphatic heterocycles. The molecular weight excluding hydrogens is 329 g/mol. The summed E-state index contributed by atoms with van der Waals surface area (Å²) in [7, 11) is 0. The Balaban J connectivity index is 1.67. The van der Waals surface area contributed by atoms with Crippen LogP contribution in [-0.4, -0.2) is 55.1 Å². The van der Waals surface area contributed by atoms with Gasteiger partial charge in [-0.1, -0.05) is 0 Å². The molecule has 1 fully saturated rings. The largest absolute Gasteiger partial charge is 0.458 e. The number of aromatic nitrogens is 5. The summed E-state index contributed by atoms with van der Waals surface area (Å²) in [6.07, 6.45) is -1.62. The molecule has 2 aromatic rings. The van der Waals surface area contributed by atoms with Crippen molar-refractivity contribution in [1.29, 1.82) is 0 Å². The number of hydrogen-bond donors (Lipinski definition) is 1. The molecule has 2 aromatic heterocycles. The van der Waals surface area contributed by atoms with Crippen molar-refractivity contribution in [2.24, 2.45) is 0 Å². The van der Waals surface area contributed by atoms with Gasteiger partial charge in [0.25, 0.3) is 5.91 Å². The van der Waals surface area contributed by atoms with Crippen LogP contribution in [0.25, 0.3) is 0 Å². The number of hydrogen-bond acceptors (Lipinski definition) is 6. The van der Waals surface area contributed by atoms with Crippen molar-refractivity contribution in [3.8, 4) is 6.01 Å². The lowest BCUT2D eigenvalue weighted by Gasteiger charge is -2.31. The van der Waals surface area contributed by atoms with Gasteiger partial charge in [0.2, 0.25) is 5.82 Å². The van der Waals surface area contributed by atoms with Gasteiger partial charge in [-0.2, -0.15) is 23.3 Å². The lowest BCUT2D eigenvalue weighted by atomic mass is 10.1. The second-order valence-corrected chi connectivity index (χ2v) is 5.19. The molecule has 0 bridgehead atoms. The van der Waals surface area contributed by atoms with Crippen LogP contribution in [0.2, 0.25) is 0 Å². The van der Waals surface area contributed by atoms with Crippen LogP contribution >= 0.6 is 0 Å². The third-order valence-electron chi connectivity index (χ3n) is 3.48. The molecule has 11 heteroatoms. The van der Waals surface area contributed by atoms with Crippen molar-refractivity contribution in [2.75, 3.05) is 13.1 Å². The highest BCUT2D eigenvalue weighted by Crippen LogP contribution is 2.28. The van der Waals surface area contributed by atoms with Gasteiger partial charge in [-0.3, -0.25) is 9.89 Å². The van der Waals surface area contributed by atoms with E-state index in [1.54, 1.807) is 0 Å². The fourth-order valence-corrected chi connectivity index (χ4v) is 2.38. The average Bonchev–Trinajstić information content (AvgIpc) is 3.08. The monoisotopic (exact) mass is 342 g/mol. The molecule has 3 heterocycles. The standard InChI is InChI=1S/C13H13F3N6O2/c14-13(15,16)9-3-4-17-12(20-9)24-8-2-1-5-22(6-8)11(23)10-18-7-19-21-10/h3-4,7-8H,1-2,5-6H2,(H,18,19,21). The van der Waals surface area contributed by atoms with Gasteiger partial charge in [0.15, 0.2) is 5.69 Å². The SMILES string of the molecule is O=C(c1ncn[nH]1)N1CCCC(Oc2nccc(C(F)(F)F)n2)C1. The van der Waals surface area contributed by atoms with Crippen LogP contribution in [-0.2, 0) is 6.18 Å². The number of nitrogens with one attached hydrogen (secondary N) is 1. The molecule has 1 N–H and O–H groups in total. The Labute approximate surface area is 134 Å². The van der Waals surface area contributed by atoms with Crippen LogP contribution in [0.5, 0.6) is 6.01 Å². The first-order valence-corrected chi connectivity index (χ1v) is 7.15. The molecule has 1 amide bonds. The number of H-pyrrole nitrogens is 1. The summed E-state index contributed by atoms with van der Waals surface area (Å²) < 4.78 is 43.4. The van der Waals surface area contributed by atoms with Gasteiger partial charge in [0.1, 0.15) is 12.4 Å². The quantitative estimate of drug-likeness (QED) is 0.903. The zero-order valence-electron chi connectivity index (χ0n) is 12.3. The van der Waals surface area contributed by atoms with Crippen molar-refractivity contribution in [3.63, 3.8) is 0 Å². The van der Waals surface area contributed by atoms with E-state index in [1.807, 2.05) is 0 Å². The van der Waals surface area contributed by atoms with Crippen LogP contribution in [0.15, 0.2) is 18.6 Å². The third-order valence-corrected chi connectivity index (χ3v) is 3.48. The summed E-state index contributed by atoms with van der Waals surface area (Å²) in [4.78, 5) is 24.6. The number of aromatic amines is 1. The molecule has 128 valence electrons. The normalized spacial score (nSPS) is 18.5. The van der Waals surface area contributed by atoms with Gasteiger partial charge in [0.05, 0.1) is 6.54 Å². The number of alkyl halides is 3. The number of nitrogens with zero attached hydrogens (tertiary/aromatic N) is 5. The summed E-state index contributed by atoms with van der Waals surface area (Å²) in [5, 5.41) is 6.10. The predicted octanol–water partition coefficient (Wildman–Crippen LogP) is 1.30. The third kappa shape index (κ3) is 3.60. The van der Waals surface area contributed by atoms with Gasteiger partial charge in [-0.05, 0) is 18.9 Å². The van der Waals surface area contributed by atoms with Crippen molar-refractivity contribution in [1.82, 2.24) is 30.0 Å².